The molecular formula is C11H10F3N. The first-order valence-corrected chi connectivity index (χ1v) is 4.35. The molecule has 0 spiro atoms. The Labute approximate surface area is 86.3 Å². The second-order valence-electron chi connectivity index (χ2n) is 2.86. The van der Waals surface area contributed by atoms with Gasteiger partial charge < -0.3 is 5.32 Å². The van der Waals surface area contributed by atoms with Crippen LogP contribution in [-0.2, 0) is 6.18 Å². The van der Waals surface area contributed by atoms with Crippen LogP contribution in [0.15, 0.2) is 24.3 Å². The molecule has 80 valence electrons. The summed E-state index contributed by atoms with van der Waals surface area (Å²) in [6.07, 6.45) is -4.30. The van der Waals surface area contributed by atoms with Crippen molar-refractivity contribution in [2.75, 3.05) is 11.9 Å². The normalized spacial score (nSPS) is 10.4. The van der Waals surface area contributed by atoms with Crippen molar-refractivity contribution in [2.24, 2.45) is 0 Å². The predicted octanol–water partition coefficient (Wildman–Crippen LogP) is 3.14. The summed E-state index contributed by atoms with van der Waals surface area (Å²) in [5, 5.41) is 2.78. The minimum absolute atomic E-state index is 0.345. The van der Waals surface area contributed by atoms with Crippen LogP contribution in [0.2, 0.25) is 0 Å². The van der Waals surface area contributed by atoms with Crippen molar-refractivity contribution in [1.29, 1.82) is 0 Å². The molecule has 0 saturated heterocycles. The highest BCUT2D eigenvalue weighted by molar-refractivity contribution is 5.47. The Morgan fingerprint density at radius 1 is 1.33 bits per heavy atom. The molecule has 0 aliphatic carbocycles. The lowest BCUT2D eigenvalue weighted by Gasteiger charge is -2.08. The van der Waals surface area contributed by atoms with Crippen LogP contribution in [0.5, 0.6) is 0 Å². The maximum atomic E-state index is 12.3. The van der Waals surface area contributed by atoms with Gasteiger partial charge in [-0.3, -0.25) is 0 Å². The molecule has 0 bridgehead atoms. The van der Waals surface area contributed by atoms with E-state index in [1.807, 2.05) is 0 Å². The number of rotatable bonds is 2. The lowest BCUT2D eigenvalue weighted by atomic mass is 10.2. The molecule has 4 heteroatoms. The van der Waals surface area contributed by atoms with E-state index in [0.29, 0.717) is 12.2 Å². The fourth-order valence-corrected chi connectivity index (χ4v) is 1.04. The van der Waals surface area contributed by atoms with Crippen LogP contribution in [0, 0.1) is 11.8 Å². The summed E-state index contributed by atoms with van der Waals surface area (Å²) in [6.45, 7) is 2.02. The highest BCUT2D eigenvalue weighted by Gasteiger charge is 2.30. The van der Waals surface area contributed by atoms with Crippen LogP contribution < -0.4 is 5.32 Å². The quantitative estimate of drug-likeness (QED) is 0.744. The molecule has 0 heterocycles. The van der Waals surface area contributed by atoms with Crippen molar-refractivity contribution in [3.63, 3.8) is 0 Å². The van der Waals surface area contributed by atoms with Gasteiger partial charge in [0, 0.05) is 5.69 Å². The van der Waals surface area contributed by atoms with E-state index < -0.39 is 11.7 Å². The Bertz CT molecular complexity index is 385. The van der Waals surface area contributed by atoms with E-state index in [0.717, 1.165) is 12.1 Å². The van der Waals surface area contributed by atoms with Gasteiger partial charge in [0.2, 0.25) is 0 Å². The Hall–Kier alpha value is -1.63. The van der Waals surface area contributed by atoms with Gasteiger partial charge in [0.15, 0.2) is 0 Å². The number of halogens is 3. The largest absolute Gasteiger partial charge is 0.416 e. The Morgan fingerprint density at radius 3 is 2.67 bits per heavy atom. The summed E-state index contributed by atoms with van der Waals surface area (Å²) in [7, 11) is 0. The first-order valence-electron chi connectivity index (χ1n) is 4.35. The van der Waals surface area contributed by atoms with Crippen LogP contribution >= 0.6 is 0 Å². The third-order valence-electron chi connectivity index (χ3n) is 1.75. The van der Waals surface area contributed by atoms with Gasteiger partial charge in [0.1, 0.15) is 0 Å². The average Bonchev–Trinajstić information content (AvgIpc) is 2.17. The van der Waals surface area contributed by atoms with E-state index in [1.165, 1.54) is 6.07 Å². The van der Waals surface area contributed by atoms with E-state index >= 15 is 0 Å². The van der Waals surface area contributed by atoms with Gasteiger partial charge in [0.05, 0.1) is 12.1 Å². The molecule has 1 aromatic rings. The molecule has 0 amide bonds. The van der Waals surface area contributed by atoms with Crippen LogP contribution in [0.4, 0.5) is 18.9 Å². The molecule has 0 aromatic heterocycles. The second kappa shape index (κ2) is 4.74. The molecule has 1 nitrogen and oxygen atoms in total. The molecule has 1 rings (SSSR count). The van der Waals surface area contributed by atoms with E-state index in [2.05, 4.69) is 17.2 Å². The molecule has 0 saturated carbocycles. The zero-order valence-corrected chi connectivity index (χ0v) is 8.15. The van der Waals surface area contributed by atoms with Crippen LogP contribution in [0.1, 0.15) is 12.5 Å². The summed E-state index contributed by atoms with van der Waals surface area (Å²) in [5.74, 6) is 5.36. The molecule has 0 radical (unpaired) electrons. The molecule has 0 aliphatic heterocycles. The zero-order valence-electron chi connectivity index (χ0n) is 8.15. The van der Waals surface area contributed by atoms with Gasteiger partial charge in [-0.05, 0) is 25.1 Å². The number of nitrogens with one attached hydrogen (secondary N) is 1. The molecule has 0 unspecified atom stereocenters. The van der Waals surface area contributed by atoms with Gasteiger partial charge in [-0.25, -0.2) is 0 Å². The maximum absolute atomic E-state index is 12.3. The molecular weight excluding hydrogens is 203 g/mol. The van der Waals surface area contributed by atoms with Crippen LogP contribution in [-0.4, -0.2) is 6.54 Å². The third kappa shape index (κ3) is 3.55. The standard InChI is InChI=1S/C11H10F3N/c1-2-3-7-15-10-6-4-5-9(8-10)11(12,13)14/h4-6,8,15H,7H2,1H3. The summed E-state index contributed by atoms with van der Waals surface area (Å²) >= 11 is 0. The van der Waals surface area contributed by atoms with Crippen LogP contribution in [0.3, 0.4) is 0 Å². The molecule has 1 aromatic carbocycles. The monoisotopic (exact) mass is 213 g/mol. The second-order valence-corrected chi connectivity index (χ2v) is 2.86. The fraction of sp³-hybridized carbons (Fsp3) is 0.273. The Kier molecular flexibility index (Phi) is 3.62. The summed E-state index contributed by atoms with van der Waals surface area (Å²) in [5.41, 5.74) is -0.232. The van der Waals surface area contributed by atoms with Gasteiger partial charge in [-0.2, -0.15) is 13.2 Å². The first kappa shape index (κ1) is 11.4. The fourth-order valence-electron chi connectivity index (χ4n) is 1.04. The summed E-state index contributed by atoms with van der Waals surface area (Å²) < 4.78 is 36.9. The van der Waals surface area contributed by atoms with Gasteiger partial charge in [-0.15, -0.1) is 5.92 Å². The van der Waals surface area contributed by atoms with Crippen LogP contribution in [0.25, 0.3) is 0 Å². The predicted molar refractivity (Wildman–Crippen MR) is 53.4 cm³/mol. The SMILES string of the molecule is CC#CCNc1cccc(C(F)(F)F)c1. The lowest BCUT2D eigenvalue weighted by Crippen LogP contribution is -2.06. The van der Waals surface area contributed by atoms with E-state index in [4.69, 9.17) is 0 Å². The molecule has 1 N–H and O–H groups in total. The Morgan fingerprint density at radius 2 is 2.07 bits per heavy atom. The Balaban J connectivity index is 2.77. The highest BCUT2D eigenvalue weighted by atomic mass is 19.4. The van der Waals surface area contributed by atoms with Crippen molar-refractivity contribution in [2.45, 2.75) is 13.1 Å². The molecule has 0 fully saturated rings. The highest BCUT2D eigenvalue weighted by Crippen LogP contribution is 2.30. The number of hydrogen-bond donors (Lipinski definition) is 1. The van der Waals surface area contributed by atoms with Crippen molar-refractivity contribution in [3.05, 3.63) is 29.8 Å². The van der Waals surface area contributed by atoms with Gasteiger partial charge in [0.25, 0.3) is 0 Å². The van der Waals surface area contributed by atoms with Gasteiger partial charge >= 0.3 is 6.18 Å². The molecule has 0 atom stereocenters. The molecule has 15 heavy (non-hydrogen) atoms. The van der Waals surface area contributed by atoms with E-state index in [-0.39, 0.29) is 0 Å². The third-order valence-corrected chi connectivity index (χ3v) is 1.75. The zero-order chi connectivity index (χ0) is 11.3. The van der Waals surface area contributed by atoms with Gasteiger partial charge in [-0.1, -0.05) is 12.0 Å². The van der Waals surface area contributed by atoms with E-state index in [9.17, 15) is 13.2 Å². The maximum Gasteiger partial charge on any atom is 0.416 e. The van der Waals surface area contributed by atoms with Crippen molar-refractivity contribution in [1.82, 2.24) is 0 Å². The number of alkyl halides is 3. The first-order chi connectivity index (χ1) is 7.04. The summed E-state index contributed by atoms with van der Waals surface area (Å²) in [6, 6.07) is 5.05. The van der Waals surface area contributed by atoms with Crippen molar-refractivity contribution >= 4 is 5.69 Å². The molecule has 0 aliphatic rings. The smallest absolute Gasteiger partial charge is 0.374 e. The van der Waals surface area contributed by atoms with Crippen molar-refractivity contribution < 1.29 is 13.2 Å². The minimum atomic E-state index is -4.30. The van der Waals surface area contributed by atoms with E-state index in [1.54, 1.807) is 13.0 Å². The number of hydrogen-bond acceptors (Lipinski definition) is 1. The lowest BCUT2D eigenvalue weighted by molar-refractivity contribution is -0.137. The average molecular weight is 213 g/mol. The minimum Gasteiger partial charge on any atom is -0.374 e. The number of anilines is 1. The number of benzene rings is 1. The van der Waals surface area contributed by atoms with Crippen molar-refractivity contribution in [3.8, 4) is 11.8 Å². The topological polar surface area (TPSA) is 12.0 Å². The summed E-state index contributed by atoms with van der Waals surface area (Å²) in [4.78, 5) is 0.